The summed E-state index contributed by atoms with van der Waals surface area (Å²) in [6.45, 7) is 0. The van der Waals surface area contributed by atoms with E-state index in [1.807, 2.05) is 0 Å². The number of hydrogen-bond donors (Lipinski definition) is 0. The topological polar surface area (TPSA) is 0 Å². The first-order chi connectivity index (χ1) is 26.8. The van der Waals surface area contributed by atoms with Gasteiger partial charge < -0.3 is 0 Å². The smallest absolute Gasteiger partial charge is 0.00201 e. The van der Waals surface area contributed by atoms with Gasteiger partial charge in [-0.1, -0.05) is 200 Å². The first-order valence-electron chi connectivity index (χ1n) is 18.8. The molecule has 0 atom stereocenters. The van der Waals surface area contributed by atoms with Crippen molar-refractivity contribution in [2.24, 2.45) is 0 Å². The Morgan fingerprint density at radius 3 is 0.796 bits per heavy atom. The van der Waals surface area contributed by atoms with Crippen molar-refractivity contribution >= 4 is 64.6 Å². The van der Waals surface area contributed by atoms with E-state index in [1.165, 1.54) is 109 Å². The van der Waals surface area contributed by atoms with E-state index in [9.17, 15) is 0 Å². The Morgan fingerprint density at radius 2 is 0.444 bits per heavy atom. The highest BCUT2D eigenvalue weighted by Gasteiger charge is 2.21. The Morgan fingerprint density at radius 1 is 0.185 bits per heavy atom. The van der Waals surface area contributed by atoms with Crippen LogP contribution in [-0.4, -0.2) is 0 Å². The first kappa shape index (κ1) is 30.6. The van der Waals surface area contributed by atoms with Gasteiger partial charge in [0.25, 0.3) is 0 Å². The Bertz CT molecular complexity index is 2930. The van der Waals surface area contributed by atoms with Gasteiger partial charge in [-0.25, -0.2) is 0 Å². The molecule has 0 amide bonds. The molecule has 0 N–H and O–H groups in total. The van der Waals surface area contributed by atoms with Crippen molar-refractivity contribution in [3.63, 3.8) is 0 Å². The Labute approximate surface area is 314 Å². The maximum absolute atomic E-state index is 2.43. The van der Waals surface area contributed by atoms with E-state index in [0.717, 1.165) is 0 Å². The minimum absolute atomic E-state index is 1.22. The molecule has 0 saturated heterocycles. The van der Waals surface area contributed by atoms with E-state index in [-0.39, 0.29) is 0 Å². The summed E-state index contributed by atoms with van der Waals surface area (Å²) in [6, 6.07) is 76.1. The molecule has 11 aromatic rings. The molecule has 11 rings (SSSR count). The molecule has 0 saturated carbocycles. The second-order valence-corrected chi connectivity index (χ2v) is 14.3. The quantitative estimate of drug-likeness (QED) is 0.162. The fraction of sp³-hybridized carbons (Fsp3) is 0. The molecule has 0 spiro atoms. The maximum atomic E-state index is 2.43. The van der Waals surface area contributed by atoms with E-state index in [2.05, 4.69) is 206 Å². The highest BCUT2D eigenvalue weighted by Crippen LogP contribution is 2.48. The minimum atomic E-state index is 1.22. The SMILES string of the molecule is c1cc(-c2c3ccccc3c(-c3cccc4ccccc34)c3ccccc23)cc(-c2c3ccccc3c(-c3cccc4ccccc34)c3ccccc23)c1. The van der Waals surface area contributed by atoms with Crippen LogP contribution in [0.4, 0.5) is 0 Å². The van der Waals surface area contributed by atoms with Crippen LogP contribution in [0.25, 0.3) is 109 Å². The van der Waals surface area contributed by atoms with Crippen LogP contribution in [-0.2, 0) is 0 Å². The lowest BCUT2D eigenvalue weighted by molar-refractivity contribution is 1.64. The number of fused-ring (bicyclic) bond motifs is 6. The summed E-state index contributed by atoms with van der Waals surface area (Å²) < 4.78 is 0. The van der Waals surface area contributed by atoms with Crippen LogP contribution in [0.1, 0.15) is 0 Å². The van der Waals surface area contributed by atoms with Gasteiger partial charge in [0, 0.05) is 0 Å². The van der Waals surface area contributed by atoms with E-state index in [0.29, 0.717) is 0 Å². The summed E-state index contributed by atoms with van der Waals surface area (Å²) in [5.41, 5.74) is 10.1. The van der Waals surface area contributed by atoms with Gasteiger partial charge in [-0.15, -0.1) is 0 Å². The summed E-state index contributed by atoms with van der Waals surface area (Å²) in [5, 5.41) is 15.2. The largest absolute Gasteiger partial charge is 0.0616 e. The Balaban J connectivity index is 1.20. The summed E-state index contributed by atoms with van der Waals surface area (Å²) >= 11 is 0. The molecule has 0 radical (unpaired) electrons. The molecule has 0 unspecified atom stereocenters. The van der Waals surface area contributed by atoms with Crippen LogP contribution in [0.5, 0.6) is 0 Å². The monoisotopic (exact) mass is 682 g/mol. The molecule has 0 bridgehead atoms. The van der Waals surface area contributed by atoms with Gasteiger partial charge in [0.1, 0.15) is 0 Å². The van der Waals surface area contributed by atoms with E-state index in [4.69, 9.17) is 0 Å². The van der Waals surface area contributed by atoms with Gasteiger partial charge in [-0.05, 0) is 115 Å². The predicted octanol–water partition coefficient (Wildman–Crippen LogP) is 15.3. The summed E-state index contributed by atoms with van der Waals surface area (Å²) in [4.78, 5) is 0. The second kappa shape index (κ2) is 12.3. The van der Waals surface area contributed by atoms with Gasteiger partial charge in [-0.2, -0.15) is 0 Å². The molecular formula is C54H34. The Hall–Kier alpha value is -7.02. The molecule has 0 fully saturated rings. The lowest BCUT2D eigenvalue weighted by Gasteiger charge is -2.20. The standard InChI is InChI=1S/C54H34/c1-3-22-39-35(16-1)18-14-32-41(39)53-47-28-9-5-24-43(47)51(44-25-6-10-29-48(44)53)37-20-13-21-38(34-37)52-45-26-7-11-30-49(45)54(50-31-12-8-27-46(50)52)42-33-15-19-36-17-2-4-23-40(36)42/h1-34H. The number of benzene rings is 11. The van der Waals surface area contributed by atoms with Gasteiger partial charge in [0.2, 0.25) is 0 Å². The molecule has 0 heterocycles. The van der Waals surface area contributed by atoms with E-state index in [1.54, 1.807) is 0 Å². The van der Waals surface area contributed by atoms with Crippen molar-refractivity contribution in [1.29, 1.82) is 0 Å². The fourth-order valence-electron chi connectivity index (χ4n) is 9.18. The summed E-state index contributed by atoms with van der Waals surface area (Å²) in [7, 11) is 0. The zero-order valence-electron chi connectivity index (χ0n) is 29.6. The van der Waals surface area contributed by atoms with Gasteiger partial charge in [0.15, 0.2) is 0 Å². The third-order valence-electron chi connectivity index (χ3n) is 11.4. The molecule has 250 valence electrons. The van der Waals surface area contributed by atoms with Gasteiger partial charge >= 0.3 is 0 Å². The molecule has 0 nitrogen and oxygen atoms in total. The second-order valence-electron chi connectivity index (χ2n) is 14.3. The summed E-state index contributed by atoms with van der Waals surface area (Å²) in [6.07, 6.45) is 0. The normalized spacial score (nSPS) is 11.7. The fourth-order valence-corrected chi connectivity index (χ4v) is 9.18. The van der Waals surface area contributed by atoms with Gasteiger partial charge in [-0.3, -0.25) is 0 Å². The van der Waals surface area contributed by atoms with Crippen LogP contribution in [0.3, 0.4) is 0 Å². The summed E-state index contributed by atoms with van der Waals surface area (Å²) in [5.74, 6) is 0. The molecule has 0 heteroatoms. The first-order valence-corrected chi connectivity index (χ1v) is 18.8. The van der Waals surface area contributed by atoms with Gasteiger partial charge in [0.05, 0.1) is 0 Å². The molecule has 0 aliphatic carbocycles. The number of hydrogen-bond acceptors (Lipinski definition) is 0. The number of rotatable bonds is 4. The zero-order valence-corrected chi connectivity index (χ0v) is 29.6. The van der Waals surface area contributed by atoms with Crippen molar-refractivity contribution < 1.29 is 0 Å². The third-order valence-corrected chi connectivity index (χ3v) is 11.4. The molecule has 54 heavy (non-hydrogen) atoms. The average molecular weight is 683 g/mol. The van der Waals surface area contributed by atoms with Crippen molar-refractivity contribution in [2.45, 2.75) is 0 Å². The lowest BCUT2D eigenvalue weighted by Crippen LogP contribution is -1.93. The average Bonchev–Trinajstić information content (AvgIpc) is 3.24. The molecule has 11 aromatic carbocycles. The third kappa shape index (κ3) is 4.64. The molecule has 0 aromatic heterocycles. The predicted molar refractivity (Wildman–Crippen MR) is 233 cm³/mol. The van der Waals surface area contributed by atoms with E-state index >= 15 is 0 Å². The van der Waals surface area contributed by atoms with Crippen LogP contribution >= 0.6 is 0 Å². The maximum Gasteiger partial charge on any atom is -0.00201 e. The van der Waals surface area contributed by atoms with Crippen molar-refractivity contribution in [1.82, 2.24) is 0 Å². The van der Waals surface area contributed by atoms with Crippen LogP contribution in [0, 0.1) is 0 Å². The highest BCUT2D eigenvalue weighted by atomic mass is 14.2. The van der Waals surface area contributed by atoms with Crippen LogP contribution < -0.4 is 0 Å². The van der Waals surface area contributed by atoms with Crippen molar-refractivity contribution in [3.8, 4) is 44.5 Å². The highest BCUT2D eigenvalue weighted by molar-refractivity contribution is 6.25. The molecule has 0 aliphatic heterocycles. The molecular weight excluding hydrogens is 649 g/mol. The minimum Gasteiger partial charge on any atom is -0.0616 e. The van der Waals surface area contributed by atoms with Crippen LogP contribution in [0.15, 0.2) is 206 Å². The zero-order chi connectivity index (χ0) is 35.6. The molecule has 0 aliphatic rings. The Kier molecular flexibility index (Phi) is 6.97. The van der Waals surface area contributed by atoms with Crippen molar-refractivity contribution in [2.75, 3.05) is 0 Å². The van der Waals surface area contributed by atoms with E-state index < -0.39 is 0 Å². The van der Waals surface area contributed by atoms with Crippen LogP contribution in [0.2, 0.25) is 0 Å². The van der Waals surface area contributed by atoms with Crippen molar-refractivity contribution in [3.05, 3.63) is 206 Å². The lowest BCUT2D eigenvalue weighted by atomic mass is 9.83.